The van der Waals surface area contributed by atoms with Gasteiger partial charge in [-0.3, -0.25) is 14.5 Å². The Morgan fingerprint density at radius 1 is 1.26 bits per heavy atom. The van der Waals surface area contributed by atoms with E-state index in [1.165, 1.54) is 28.8 Å². The van der Waals surface area contributed by atoms with Crippen molar-refractivity contribution >= 4 is 57.2 Å². The van der Waals surface area contributed by atoms with Gasteiger partial charge in [0.15, 0.2) is 0 Å². The second kappa shape index (κ2) is 9.05. The number of halogens is 2. The number of amides is 2. The van der Waals surface area contributed by atoms with Gasteiger partial charge in [0.05, 0.1) is 6.42 Å². The van der Waals surface area contributed by atoms with Gasteiger partial charge in [-0.05, 0) is 39.7 Å². The standard InChI is InChI=1S/C21H16BrFN2O4S2/c22-13-7-6-12(23)9-14(13)31-15-10-30-20-17(19(27)25(20)18(15)21(28)29)24-16(26)8-11-4-2-1-3-5-11/h1-7,9,17,20H,8,10H2,(H,24,26)(H,28,29)/t17-,20-/m1/s1. The first-order chi connectivity index (χ1) is 14.8. The number of β-lactam (4-membered cyclic amide) rings is 1. The number of benzene rings is 2. The Kier molecular flexibility index (Phi) is 6.40. The topological polar surface area (TPSA) is 86.7 Å². The Labute approximate surface area is 194 Å². The van der Waals surface area contributed by atoms with E-state index in [2.05, 4.69) is 21.2 Å². The lowest BCUT2D eigenvalue weighted by Crippen LogP contribution is -2.70. The van der Waals surface area contributed by atoms with Gasteiger partial charge in [0, 0.05) is 20.0 Å². The fourth-order valence-electron chi connectivity index (χ4n) is 3.36. The highest BCUT2D eigenvalue weighted by Gasteiger charge is 2.54. The Bertz CT molecular complexity index is 1100. The third-order valence-corrected chi connectivity index (χ3v) is 8.34. The van der Waals surface area contributed by atoms with Crippen LogP contribution >= 0.6 is 39.5 Å². The fraction of sp³-hybridized carbons (Fsp3) is 0.190. The van der Waals surface area contributed by atoms with Crippen LogP contribution in [0.15, 0.2) is 68.5 Å². The lowest BCUT2D eigenvalue weighted by molar-refractivity contribution is -0.150. The van der Waals surface area contributed by atoms with Gasteiger partial charge in [0.2, 0.25) is 5.91 Å². The molecule has 0 spiro atoms. The van der Waals surface area contributed by atoms with Crippen molar-refractivity contribution in [2.45, 2.75) is 22.7 Å². The van der Waals surface area contributed by atoms with E-state index in [0.29, 0.717) is 20.0 Å². The maximum Gasteiger partial charge on any atom is 0.353 e. The zero-order chi connectivity index (χ0) is 22.1. The van der Waals surface area contributed by atoms with Gasteiger partial charge in [-0.2, -0.15) is 0 Å². The lowest BCUT2D eigenvalue weighted by atomic mass is 10.0. The van der Waals surface area contributed by atoms with Crippen molar-refractivity contribution in [3.05, 3.63) is 75.0 Å². The molecule has 2 aliphatic rings. The SMILES string of the molecule is O=C(Cc1ccccc1)N[C@@H]1C(=O)N2C(C(=O)O)=C(Sc3cc(F)ccc3Br)CS[C@H]12. The second-order valence-electron chi connectivity index (χ2n) is 6.87. The van der Waals surface area contributed by atoms with Crippen LogP contribution in [0.2, 0.25) is 0 Å². The number of carboxylic acid groups (broad SMARTS) is 1. The predicted octanol–water partition coefficient (Wildman–Crippen LogP) is 3.62. The van der Waals surface area contributed by atoms with E-state index < -0.39 is 29.1 Å². The first kappa shape index (κ1) is 21.9. The number of carbonyl (C=O) groups is 3. The highest BCUT2D eigenvalue weighted by Crippen LogP contribution is 2.46. The van der Waals surface area contributed by atoms with Crippen LogP contribution in [-0.4, -0.2) is 45.0 Å². The molecule has 2 aromatic carbocycles. The Morgan fingerprint density at radius 2 is 2.00 bits per heavy atom. The number of hydrogen-bond acceptors (Lipinski definition) is 5. The molecule has 2 aromatic rings. The van der Waals surface area contributed by atoms with Crippen LogP contribution in [0.25, 0.3) is 0 Å². The molecule has 0 aromatic heterocycles. The zero-order valence-corrected chi connectivity index (χ0v) is 19.1. The third-order valence-electron chi connectivity index (χ3n) is 4.79. The quantitative estimate of drug-likeness (QED) is 0.563. The number of fused-ring (bicyclic) bond motifs is 1. The van der Waals surface area contributed by atoms with Gasteiger partial charge >= 0.3 is 5.97 Å². The van der Waals surface area contributed by atoms with Crippen LogP contribution in [0.5, 0.6) is 0 Å². The summed E-state index contributed by atoms with van der Waals surface area (Å²) in [6.45, 7) is 0. The van der Waals surface area contributed by atoms with Crippen molar-refractivity contribution < 1.29 is 23.9 Å². The summed E-state index contributed by atoms with van der Waals surface area (Å²) in [6.07, 6.45) is 0.137. The van der Waals surface area contributed by atoms with Gasteiger partial charge in [-0.25, -0.2) is 9.18 Å². The molecule has 0 unspecified atom stereocenters. The molecule has 0 saturated carbocycles. The molecule has 2 aliphatic heterocycles. The summed E-state index contributed by atoms with van der Waals surface area (Å²) in [6, 6.07) is 12.5. The van der Waals surface area contributed by atoms with E-state index in [1.54, 1.807) is 6.07 Å². The number of nitrogens with one attached hydrogen (secondary N) is 1. The van der Waals surface area contributed by atoms with Crippen LogP contribution in [-0.2, 0) is 20.8 Å². The average Bonchev–Trinajstić information content (AvgIpc) is 2.74. The van der Waals surface area contributed by atoms with Gasteiger partial charge < -0.3 is 10.4 Å². The van der Waals surface area contributed by atoms with Crippen molar-refractivity contribution in [2.24, 2.45) is 0 Å². The average molecular weight is 523 g/mol. The molecule has 1 fully saturated rings. The molecule has 2 amide bonds. The summed E-state index contributed by atoms with van der Waals surface area (Å²) in [5.41, 5.74) is 0.703. The predicted molar refractivity (Wildman–Crippen MR) is 120 cm³/mol. The number of nitrogens with zero attached hydrogens (tertiary/aromatic N) is 1. The van der Waals surface area contributed by atoms with Crippen LogP contribution in [0.4, 0.5) is 4.39 Å². The second-order valence-corrected chi connectivity index (χ2v) is 9.97. The molecule has 0 bridgehead atoms. The normalized spacial score (nSPS) is 20.2. The molecule has 31 heavy (non-hydrogen) atoms. The van der Waals surface area contributed by atoms with Crippen LogP contribution in [0.3, 0.4) is 0 Å². The summed E-state index contributed by atoms with van der Waals surface area (Å²) < 4.78 is 14.3. The summed E-state index contributed by atoms with van der Waals surface area (Å²) >= 11 is 5.82. The van der Waals surface area contributed by atoms with Crippen LogP contribution in [0, 0.1) is 5.82 Å². The molecule has 10 heteroatoms. The zero-order valence-electron chi connectivity index (χ0n) is 15.9. The van der Waals surface area contributed by atoms with E-state index >= 15 is 0 Å². The minimum Gasteiger partial charge on any atom is -0.477 e. The minimum atomic E-state index is -1.23. The Balaban J connectivity index is 1.51. The molecular formula is C21H16BrFN2O4S2. The van der Waals surface area contributed by atoms with Gasteiger partial charge in [-0.1, -0.05) is 42.1 Å². The minimum absolute atomic E-state index is 0.122. The molecule has 0 aliphatic carbocycles. The smallest absolute Gasteiger partial charge is 0.353 e. The number of carboxylic acids is 1. The maximum absolute atomic E-state index is 13.6. The first-order valence-corrected chi connectivity index (χ1v) is 11.9. The Morgan fingerprint density at radius 3 is 2.71 bits per heavy atom. The molecule has 0 radical (unpaired) electrons. The van der Waals surface area contributed by atoms with Crippen molar-refractivity contribution in [1.29, 1.82) is 0 Å². The largest absolute Gasteiger partial charge is 0.477 e. The molecule has 6 nitrogen and oxygen atoms in total. The van der Waals surface area contributed by atoms with Gasteiger partial charge in [0.25, 0.3) is 5.91 Å². The van der Waals surface area contributed by atoms with Crippen molar-refractivity contribution in [3.8, 4) is 0 Å². The highest BCUT2D eigenvalue weighted by molar-refractivity contribution is 9.10. The number of hydrogen-bond donors (Lipinski definition) is 2. The number of rotatable bonds is 6. The lowest BCUT2D eigenvalue weighted by Gasteiger charge is -2.49. The third kappa shape index (κ3) is 4.51. The van der Waals surface area contributed by atoms with E-state index in [-0.39, 0.29) is 18.0 Å². The monoisotopic (exact) mass is 522 g/mol. The van der Waals surface area contributed by atoms with Crippen molar-refractivity contribution in [2.75, 3.05) is 5.75 Å². The fourth-order valence-corrected chi connectivity index (χ4v) is 6.37. The molecule has 1 saturated heterocycles. The summed E-state index contributed by atoms with van der Waals surface area (Å²) in [7, 11) is 0. The van der Waals surface area contributed by atoms with E-state index in [4.69, 9.17) is 0 Å². The number of aliphatic carboxylic acids is 1. The van der Waals surface area contributed by atoms with Gasteiger partial charge in [0.1, 0.15) is 22.9 Å². The maximum atomic E-state index is 13.6. The van der Waals surface area contributed by atoms with E-state index in [9.17, 15) is 23.9 Å². The summed E-state index contributed by atoms with van der Waals surface area (Å²) in [5, 5.41) is 12.0. The summed E-state index contributed by atoms with van der Waals surface area (Å²) in [5.74, 6) is -2.11. The Hall–Kier alpha value is -2.30. The van der Waals surface area contributed by atoms with Gasteiger partial charge in [-0.15, -0.1) is 11.8 Å². The van der Waals surface area contributed by atoms with E-state index in [1.807, 2.05) is 30.3 Å². The summed E-state index contributed by atoms with van der Waals surface area (Å²) in [4.78, 5) is 39.2. The molecule has 2 atom stereocenters. The number of thioether (sulfide) groups is 2. The molecule has 4 rings (SSSR count). The van der Waals surface area contributed by atoms with Crippen LogP contribution < -0.4 is 5.32 Å². The van der Waals surface area contributed by atoms with Crippen LogP contribution in [0.1, 0.15) is 5.56 Å². The molecule has 160 valence electrons. The number of carbonyl (C=O) groups excluding carboxylic acids is 2. The molecule has 2 heterocycles. The first-order valence-electron chi connectivity index (χ1n) is 9.22. The van der Waals surface area contributed by atoms with E-state index in [0.717, 1.165) is 17.3 Å². The molecule has 2 N–H and O–H groups in total. The van der Waals surface area contributed by atoms with Crippen molar-refractivity contribution in [1.82, 2.24) is 10.2 Å². The highest BCUT2D eigenvalue weighted by atomic mass is 79.9. The van der Waals surface area contributed by atoms with Crippen molar-refractivity contribution in [3.63, 3.8) is 0 Å². The molecular weight excluding hydrogens is 507 g/mol.